The first kappa shape index (κ1) is 13.1. The number of aromatic nitrogens is 5. The molecule has 0 aliphatic carbocycles. The molecule has 0 N–H and O–H groups in total. The molecule has 2 aromatic heterocycles. The van der Waals surface area contributed by atoms with E-state index in [1.54, 1.807) is 4.68 Å². The lowest BCUT2D eigenvalue weighted by atomic mass is 10.2. The van der Waals surface area contributed by atoms with Crippen molar-refractivity contribution in [3.05, 3.63) is 58.9 Å². The summed E-state index contributed by atoms with van der Waals surface area (Å²) in [5, 5.41) is 16.4. The summed E-state index contributed by atoms with van der Waals surface area (Å²) in [4.78, 5) is 0. The number of halogens is 1. The number of hydrogen-bond donors (Lipinski definition) is 0. The third-order valence-corrected chi connectivity index (χ3v) is 3.74. The zero-order valence-electron chi connectivity index (χ0n) is 11.3. The van der Waals surface area contributed by atoms with Crippen molar-refractivity contribution in [2.45, 2.75) is 6.54 Å². The molecule has 7 heteroatoms. The van der Waals surface area contributed by atoms with Gasteiger partial charge in [0.25, 0.3) is 0 Å². The minimum Gasteiger partial charge on any atom is -0.419 e. The molecule has 0 unspecified atom stereocenters. The molecule has 2 heterocycles. The predicted octanol–water partition coefficient (Wildman–Crippen LogP) is 3.29. The van der Waals surface area contributed by atoms with Crippen LogP contribution in [-0.4, -0.2) is 25.2 Å². The minimum atomic E-state index is 0.390. The second kappa shape index (κ2) is 5.34. The third kappa shape index (κ3) is 2.39. The van der Waals surface area contributed by atoms with Crippen LogP contribution in [-0.2, 0) is 6.54 Å². The molecule has 108 valence electrons. The quantitative estimate of drug-likeness (QED) is 0.563. The van der Waals surface area contributed by atoms with Crippen molar-refractivity contribution in [2.24, 2.45) is 0 Å². The maximum Gasteiger partial charge on any atom is 0.247 e. The summed E-state index contributed by atoms with van der Waals surface area (Å²) in [5.74, 6) is 0.978. The van der Waals surface area contributed by atoms with Crippen LogP contribution in [0.2, 0.25) is 0 Å². The molecular weight excluding hydrogens is 346 g/mol. The Bertz CT molecular complexity index is 946. The van der Waals surface area contributed by atoms with E-state index < -0.39 is 0 Å². The number of rotatable bonds is 3. The van der Waals surface area contributed by atoms with Gasteiger partial charge in [-0.3, -0.25) is 0 Å². The van der Waals surface area contributed by atoms with Crippen LogP contribution >= 0.6 is 15.9 Å². The average Bonchev–Trinajstić information content (AvgIpc) is 3.16. The SMILES string of the molecule is Brc1cccc(-c2nnc(Cn3nnc4ccccc43)o2)c1. The molecule has 0 aliphatic heterocycles. The highest BCUT2D eigenvalue weighted by Gasteiger charge is 2.11. The maximum atomic E-state index is 5.72. The fourth-order valence-electron chi connectivity index (χ4n) is 2.22. The van der Waals surface area contributed by atoms with E-state index in [1.807, 2.05) is 48.5 Å². The highest BCUT2D eigenvalue weighted by atomic mass is 79.9. The molecule has 0 aliphatic rings. The number of fused-ring (bicyclic) bond motifs is 1. The van der Waals surface area contributed by atoms with Gasteiger partial charge in [0, 0.05) is 10.0 Å². The molecule has 0 saturated carbocycles. The fraction of sp³-hybridized carbons (Fsp3) is 0.0667. The maximum absolute atomic E-state index is 5.72. The van der Waals surface area contributed by atoms with Crippen LogP contribution in [0.15, 0.2) is 57.4 Å². The van der Waals surface area contributed by atoms with Crippen LogP contribution < -0.4 is 0 Å². The Kier molecular flexibility index (Phi) is 3.19. The lowest BCUT2D eigenvalue weighted by Gasteiger charge is -1.97. The molecule has 0 bridgehead atoms. The van der Waals surface area contributed by atoms with Crippen molar-refractivity contribution in [1.82, 2.24) is 25.2 Å². The van der Waals surface area contributed by atoms with E-state index in [2.05, 4.69) is 36.4 Å². The second-order valence-electron chi connectivity index (χ2n) is 4.75. The van der Waals surface area contributed by atoms with Gasteiger partial charge >= 0.3 is 0 Å². The molecule has 0 radical (unpaired) electrons. The summed E-state index contributed by atoms with van der Waals surface area (Å²) < 4.78 is 8.42. The first-order valence-corrected chi connectivity index (χ1v) is 7.45. The molecule has 0 atom stereocenters. The van der Waals surface area contributed by atoms with Gasteiger partial charge in [0.1, 0.15) is 12.1 Å². The highest BCUT2D eigenvalue weighted by Crippen LogP contribution is 2.22. The van der Waals surface area contributed by atoms with Crippen LogP contribution in [0.1, 0.15) is 5.89 Å². The van der Waals surface area contributed by atoms with E-state index in [4.69, 9.17) is 4.42 Å². The molecule has 4 rings (SSSR count). The van der Waals surface area contributed by atoms with Crippen LogP contribution in [0.4, 0.5) is 0 Å². The Balaban J connectivity index is 1.65. The highest BCUT2D eigenvalue weighted by molar-refractivity contribution is 9.10. The summed E-state index contributed by atoms with van der Waals surface area (Å²) in [5.41, 5.74) is 2.65. The number of nitrogens with zero attached hydrogens (tertiary/aromatic N) is 5. The van der Waals surface area contributed by atoms with Gasteiger partial charge in [-0.1, -0.05) is 39.3 Å². The Morgan fingerprint density at radius 2 is 1.91 bits per heavy atom. The van der Waals surface area contributed by atoms with E-state index in [-0.39, 0.29) is 0 Å². The minimum absolute atomic E-state index is 0.390. The van der Waals surface area contributed by atoms with Gasteiger partial charge in [-0.15, -0.1) is 15.3 Å². The van der Waals surface area contributed by atoms with E-state index >= 15 is 0 Å². The molecule has 0 saturated heterocycles. The van der Waals surface area contributed by atoms with Gasteiger partial charge in [0.15, 0.2) is 0 Å². The van der Waals surface area contributed by atoms with Crippen molar-refractivity contribution in [1.29, 1.82) is 0 Å². The van der Waals surface area contributed by atoms with Crippen LogP contribution in [0.5, 0.6) is 0 Å². The summed E-state index contributed by atoms with van der Waals surface area (Å²) in [6.07, 6.45) is 0. The average molecular weight is 356 g/mol. The topological polar surface area (TPSA) is 69.6 Å². The second-order valence-corrected chi connectivity index (χ2v) is 5.66. The predicted molar refractivity (Wildman–Crippen MR) is 84.1 cm³/mol. The van der Waals surface area contributed by atoms with Crippen LogP contribution in [0.3, 0.4) is 0 Å². The van der Waals surface area contributed by atoms with Gasteiger partial charge in [-0.25, -0.2) is 4.68 Å². The molecule has 0 spiro atoms. The number of benzene rings is 2. The normalized spacial score (nSPS) is 11.1. The lowest BCUT2D eigenvalue weighted by Crippen LogP contribution is -2.02. The van der Waals surface area contributed by atoms with Crippen LogP contribution in [0, 0.1) is 0 Å². The summed E-state index contributed by atoms with van der Waals surface area (Å²) in [6.45, 7) is 0.390. The van der Waals surface area contributed by atoms with Crippen molar-refractivity contribution in [3.63, 3.8) is 0 Å². The Morgan fingerprint density at radius 3 is 2.82 bits per heavy atom. The van der Waals surface area contributed by atoms with Crippen molar-refractivity contribution in [3.8, 4) is 11.5 Å². The molecule has 6 nitrogen and oxygen atoms in total. The Morgan fingerprint density at radius 1 is 1.00 bits per heavy atom. The van der Waals surface area contributed by atoms with Crippen molar-refractivity contribution < 1.29 is 4.42 Å². The van der Waals surface area contributed by atoms with Gasteiger partial charge < -0.3 is 4.42 Å². The van der Waals surface area contributed by atoms with E-state index in [0.29, 0.717) is 18.3 Å². The zero-order chi connectivity index (χ0) is 14.9. The standard InChI is InChI=1S/C15H10BrN5O/c16-11-5-3-4-10(8-11)15-19-18-14(22-15)9-21-13-7-2-1-6-12(13)17-20-21/h1-8H,9H2. The van der Waals surface area contributed by atoms with Crippen molar-refractivity contribution >= 4 is 27.0 Å². The smallest absolute Gasteiger partial charge is 0.247 e. The number of hydrogen-bond acceptors (Lipinski definition) is 5. The van der Waals surface area contributed by atoms with Gasteiger partial charge in [0.05, 0.1) is 5.52 Å². The zero-order valence-corrected chi connectivity index (χ0v) is 12.9. The van der Waals surface area contributed by atoms with E-state index in [1.165, 1.54) is 0 Å². The van der Waals surface area contributed by atoms with E-state index in [0.717, 1.165) is 21.1 Å². The number of para-hydroxylation sites is 1. The van der Waals surface area contributed by atoms with Crippen LogP contribution in [0.25, 0.3) is 22.5 Å². The summed E-state index contributed by atoms with van der Waals surface area (Å²) in [7, 11) is 0. The first-order valence-electron chi connectivity index (χ1n) is 6.66. The summed E-state index contributed by atoms with van der Waals surface area (Å²) >= 11 is 3.43. The molecule has 22 heavy (non-hydrogen) atoms. The molecule has 0 amide bonds. The third-order valence-electron chi connectivity index (χ3n) is 3.24. The van der Waals surface area contributed by atoms with Gasteiger partial charge in [-0.2, -0.15) is 0 Å². The first-order chi connectivity index (χ1) is 10.8. The van der Waals surface area contributed by atoms with E-state index in [9.17, 15) is 0 Å². The summed E-state index contributed by atoms with van der Waals surface area (Å²) in [6, 6.07) is 15.5. The lowest BCUT2D eigenvalue weighted by molar-refractivity contribution is 0.474. The Hall–Kier alpha value is -2.54. The molecule has 0 fully saturated rings. The fourth-order valence-corrected chi connectivity index (χ4v) is 2.62. The molecular formula is C15H10BrN5O. The molecule has 4 aromatic rings. The van der Waals surface area contributed by atoms with Gasteiger partial charge in [0.2, 0.25) is 11.8 Å². The molecule has 2 aromatic carbocycles. The largest absolute Gasteiger partial charge is 0.419 e. The van der Waals surface area contributed by atoms with Crippen molar-refractivity contribution in [2.75, 3.05) is 0 Å². The Labute approximate surface area is 133 Å². The monoisotopic (exact) mass is 355 g/mol. The van der Waals surface area contributed by atoms with Gasteiger partial charge in [-0.05, 0) is 30.3 Å².